The average Bonchev–Trinajstić information content (AvgIpc) is 3.37. The number of carbonyl (C=O) groups excluding carboxylic acids is 2. The number of benzene rings is 2. The fourth-order valence-electron chi connectivity index (χ4n) is 4.75. The molecule has 6 nitrogen and oxygen atoms in total. The second kappa shape index (κ2) is 9.05. The molecule has 2 bridgehead atoms. The summed E-state index contributed by atoms with van der Waals surface area (Å²) in [6, 6.07) is 15.0. The van der Waals surface area contributed by atoms with E-state index in [0.29, 0.717) is 12.8 Å². The Morgan fingerprint density at radius 3 is 2.24 bits per heavy atom. The van der Waals surface area contributed by atoms with E-state index in [1.54, 1.807) is 6.07 Å². The van der Waals surface area contributed by atoms with Crippen LogP contribution in [-0.2, 0) is 31.2 Å². The zero-order valence-electron chi connectivity index (χ0n) is 18.0. The molecule has 2 saturated heterocycles. The highest BCUT2D eigenvalue weighted by Crippen LogP contribution is 2.45. The van der Waals surface area contributed by atoms with Gasteiger partial charge in [0.05, 0.1) is 6.04 Å². The maximum Gasteiger partial charge on any atom is 0.432 e. The highest BCUT2D eigenvalue weighted by Gasteiger charge is 2.65. The van der Waals surface area contributed by atoms with Gasteiger partial charge in [-0.05, 0) is 18.4 Å². The van der Waals surface area contributed by atoms with Crippen LogP contribution in [0.3, 0.4) is 0 Å². The van der Waals surface area contributed by atoms with Crippen LogP contribution in [0.2, 0.25) is 0 Å². The molecule has 1 unspecified atom stereocenters. The summed E-state index contributed by atoms with van der Waals surface area (Å²) in [7, 11) is 0.829. The molecular weight excluding hydrogens is 439 g/mol. The van der Waals surface area contributed by atoms with Crippen molar-refractivity contribution in [1.29, 1.82) is 0 Å². The van der Waals surface area contributed by atoms with Gasteiger partial charge in [0.2, 0.25) is 0 Å². The molecule has 9 heteroatoms. The van der Waals surface area contributed by atoms with Crippen LogP contribution in [-0.4, -0.2) is 48.4 Å². The second-order valence-corrected chi connectivity index (χ2v) is 8.17. The summed E-state index contributed by atoms with van der Waals surface area (Å²) in [5.41, 5.74) is -2.81. The molecule has 0 radical (unpaired) electrons. The minimum Gasteiger partial charge on any atom is -0.457 e. The highest BCUT2D eigenvalue weighted by molar-refractivity contribution is 5.83. The van der Waals surface area contributed by atoms with Gasteiger partial charge in [0, 0.05) is 25.1 Å². The highest BCUT2D eigenvalue weighted by atomic mass is 19.4. The first-order valence-electron chi connectivity index (χ1n) is 10.7. The van der Waals surface area contributed by atoms with E-state index < -0.39 is 36.0 Å². The third-order valence-electron chi connectivity index (χ3n) is 6.33. The molecule has 2 heterocycles. The third kappa shape index (κ3) is 4.17. The fraction of sp³-hybridized carbons (Fsp3) is 0.417. The van der Waals surface area contributed by atoms with Gasteiger partial charge < -0.3 is 14.2 Å². The largest absolute Gasteiger partial charge is 0.457 e. The van der Waals surface area contributed by atoms with Gasteiger partial charge in [0.15, 0.2) is 0 Å². The molecule has 33 heavy (non-hydrogen) atoms. The van der Waals surface area contributed by atoms with Gasteiger partial charge in [0.1, 0.15) is 12.7 Å². The fourth-order valence-corrected chi connectivity index (χ4v) is 4.75. The molecule has 2 aromatic rings. The van der Waals surface area contributed by atoms with E-state index in [1.165, 1.54) is 29.2 Å². The normalized spacial score (nSPS) is 23.8. The van der Waals surface area contributed by atoms with Crippen molar-refractivity contribution in [3.63, 3.8) is 0 Å². The van der Waals surface area contributed by atoms with E-state index in [-0.39, 0.29) is 24.6 Å². The van der Waals surface area contributed by atoms with Crippen LogP contribution in [0.4, 0.5) is 18.0 Å². The lowest BCUT2D eigenvalue weighted by molar-refractivity contribution is -0.278. The predicted octanol–water partition coefficient (Wildman–Crippen LogP) is 4.58. The van der Waals surface area contributed by atoms with Crippen molar-refractivity contribution in [2.24, 2.45) is 0 Å². The molecule has 4 rings (SSSR count). The van der Waals surface area contributed by atoms with Crippen molar-refractivity contribution in [2.75, 3.05) is 7.11 Å². The lowest BCUT2D eigenvalue weighted by Gasteiger charge is -2.34. The summed E-state index contributed by atoms with van der Waals surface area (Å²) in [6.07, 6.45) is -5.05. The van der Waals surface area contributed by atoms with Gasteiger partial charge in [0.25, 0.3) is 5.60 Å². The standard InChI is InChI=1S/C24H24F3NO5/c1-31-23(24(25,26)27,17-10-6-3-7-11-17)21(29)33-20-14-18-12-13-19(20)28(18)22(30)32-15-16-8-4-2-5-9-16/h2-11,18-20H,12-15H2,1H3/t18-,19+,20-,23?/m1/s1. The minimum absolute atomic E-state index is 0.0783. The zero-order chi connectivity index (χ0) is 23.6. The molecule has 2 fully saturated rings. The number of halogens is 3. The van der Waals surface area contributed by atoms with Gasteiger partial charge >= 0.3 is 18.2 Å². The van der Waals surface area contributed by atoms with Crippen LogP contribution in [0.15, 0.2) is 60.7 Å². The Balaban J connectivity index is 1.49. The van der Waals surface area contributed by atoms with Gasteiger partial charge in [-0.25, -0.2) is 9.59 Å². The Labute approximate surface area is 189 Å². The maximum absolute atomic E-state index is 14.1. The van der Waals surface area contributed by atoms with Crippen molar-refractivity contribution < 1.29 is 37.0 Å². The number of methoxy groups -OCH3 is 1. The SMILES string of the molecule is COC(C(=O)O[C@@H]1C[C@H]2CC[C@@H]1N2C(=O)OCc1ccccc1)(c1ccccc1)C(F)(F)F. The molecule has 1 amide bonds. The van der Waals surface area contributed by atoms with E-state index in [0.717, 1.165) is 12.7 Å². The van der Waals surface area contributed by atoms with Gasteiger partial charge in [-0.2, -0.15) is 13.2 Å². The van der Waals surface area contributed by atoms with Crippen LogP contribution in [0, 0.1) is 0 Å². The summed E-state index contributed by atoms with van der Waals surface area (Å²) in [4.78, 5) is 27.2. The quantitative estimate of drug-likeness (QED) is 0.587. The van der Waals surface area contributed by atoms with Crippen LogP contribution >= 0.6 is 0 Å². The van der Waals surface area contributed by atoms with Crippen molar-refractivity contribution >= 4 is 12.1 Å². The van der Waals surface area contributed by atoms with Crippen LogP contribution in [0.1, 0.15) is 30.4 Å². The number of rotatable bonds is 6. The van der Waals surface area contributed by atoms with Crippen LogP contribution in [0.5, 0.6) is 0 Å². The molecule has 4 atom stereocenters. The van der Waals surface area contributed by atoms with Gasteiger partial charge in [-0.15, -0.1) is 0 Å². The van der Waals surface area contributed by atoms with Crippen molar-refractivity contribution in [3.8, 4) is 0 Å². The lowest BCUT2D eigenvalue weighted by atomic mass is 9.92. The maximum atomic E-state index is 14.1. The molecule has 0 N–H and O–H groups in total. The summed E-state index contributed by atoms with van der Waals surface area (Å²) >= 11 is 0. The van der Waals surface area contributed by atoms with Crippen molar-refractivity contribution in [3.05, 3.63) is 71.8 Å². The second-order valence-electron chi connectivity index (χ2n) is 8.17. The Hall–Kier alpha value is -3.07. The number of carbonyl (C=O) groups is 2. The monoisotopic (exact) mass is 463 g/mol. The lowest BCUT2D eigenvalue weighted by Crippen LogP contribution is -2.53. The summed E-state index contributed by atoms with van der Waals surface area (Å²) in [5.74, 6) is -1.54. The molecular formula is C24H24F3NO5. The Morgan fingerprint density at radius 2 is 1.64 bits per heavy atom. The Bertz CT molecular complexity index is 985. The smallest absolute Gasteiger partial charge is 0.432 e. The number of alkyl halides is 3. The minimum atomic E-state index is -5.05. The third-order valence-corrected chi connectivity index (χ3v) is 6.33. The number of hydrogen-bond acceptors (Lipinski definition) is 5. The molecule has 0 spiro atoms. The Morgan fingerprint density at radius 1 is 1.00 bits per heavy atom. The van der Waals surface area contributed by atoms with Crippen molar-refractivity contribution in [1.82, 2.24) is 4.90 Å². The van der Waals surface area contributed by atoms with Crippen molar-refractivity contribution in [2.45, 2.75) is 55.8 Å². The van der Waals surface area contributed by atoms with E-state index in [4.69, 9.17) is 14.2 Å². The number of esters is 1. The average molecular weight is 463 g/mol. The molecule has 176 valence electrons. The summed E-state index contributed by atoms with van der Waals surface area (Å²) in [5, 5.41) is 0. The van der Waals surface area contributed by atoms with E-state index >= 15 is 0 Å². The predicted molar refractivity (Wildman–Crippen MR) is 111 cm³/mol. The number of nitrogens with zero attached hydrogens (tertiary/aromatic N) is 1. The number of amides is 1. The molecule has 0 aliphatic carbocycles. The first kappa shape index (κ1) is 23.1. The molecule has 0 aromatic heterocycles. The van der Waals surface area contributed by atoms with E-state index in [1.807, 2.05) is 30.3 Å². The Kier molecular flexibility index (Phi) is 6.34. The van der Waals surface area contributed by atoms with E-state index in [2.05, 4.69) is 0 Å². The first-order valence-corrected chi connectivity index (χ1v) is 10.7. The number of ether oxygens (including phenoxy) is 3. The molecule has 2 aromatic carbocycles. The van der Waals surface area contributed by atoms with Gasteiger partial charge in [-0.3, -0.25) is 4.90 Å². The first-order chi connectivity index (χ1) is 15.8. The molecule has 2 aliphatic rings. The summed E-state index contributed by atoms with van der Waals surface area (Å²) in [6.45, 7) is 0.0783. The zero-order valence-corrected chi connectivity index (χ0v) is 18.0. The molecule has 0 saturated carbocycles. The molecule has 2 aliphatic heterocycles. The van der Waals surface area contributed by atoms with Gasteiger partial charge in [-0.1, -0.05) is 60.7 Å². The number of fused-ring (bicyclic) bond motifs is 2. The van der Waals surface area contributed by atoms with Crippen LogP contribution in [0.25, 0.3) is 0 Å². The summed E-state index contributed by atoms with van der Waals surface area (Å²) < 4.78 is 58.0. The van der Waals surface area contributed by atoms with E-state index in [9.17, 15) is 22.8 Å². The van der Waals surface area contributed by atoms with Crippen LogP contribution < -0.4 is 0 Å². The number of hydrogen-bond donors (Lipinski definition) is 0. The topological polar surface area (TPSA) is 65.1 Å².